The Morgan fingerprint density at radius 3 is 2.82 bits per heavy atom. The molecule has 3 unspecified atom stereocenters. The molecule has 1 aliphatic carbocycles. The average molecular weight is 475 g/mol. The highest BCUT2D eigenvalue weighted by Gasteiger charge is 2.40. The number of carbonyl (C=O) groups is 1. The van der Waals surface area contributed by atoms with Crippen LogP contribution >= 0.6 is 11.6 Å². The van der Waals surface area contributed by atoms with Crippen LogP contribution in [0.4, 0.5) is 5.82 Å². The highest BCUT2D eigenvalue weighted by Crippen LogP contribution is 2.37. The number of aryl methyl sites for hydroxylation is 1. The molecule has 3 fully saturated rings. The predicted octanol–water partition coefficient (Wildman–Crippen LogP) is 3.05. The quantitative estimate of drug-likeness (QED) is 0.685. The number of ether oxygens (including phenoxy) is 1. The molecule has 1 saturated carbocycles. The Morgan fingerprint density at radius 2 is 2.06 bits per heavy atom. The van der Waals surface area contributed by atoms with Gasteiger partial charge in [-0.15, -0.1) is 11.6 Å². The molecule has 180 valence electrons. The van der Waals surface area contributed by atoms with Gasteiger partial charge in [-0.3, -0.25) is 4.79 Å². The maximum Gasteiger partial charge on any atom is 0.227 e. The zero-order valence-corrected chi connectivity index (χ0v) is 20.4. The number of nitrogens with zero attached hydrogens (tertiary/aromatic N) is 5. The fourth-order valence-electron chi connectivity index (χ4n) is 5.76. The van der Waals surface area contributed by atoms with E-state index in [-0.39, 0.29) is 35.4 Å². The summed E-state index contributed by atoms with van der Waals surface area (Å²) in [4.78, 5) is 22.9. The molecular weight excluding hydrogens is 440 g/mol. The van der Waals surface area contributed by atoms with Crippen molar-refractivity contribution in [2.45, 2.75) is 75.4 Å². The van der Waals surface area contributed by atoms with Gasteiger partial charge >= 0.3 is 0 Å². The van der Waals surface area contributed by atoms with E-state index in [2.05, 4.69) is 11.8 Å². The third kappa shape index (κ3) is 4.45. The topological polar surface area (TPSA) is 89.0 Å². The molecule has 0 radical (unpaired) electrons. The molecule has 2 N–H and O–H groups in total. The molecule has 3 aliphatic rings. The molecule has 4 heterocycles. The maximum absolute atomic E-state index is 13.7. The molecule has 1 amide bonds. The first kappa shape index (κ1) is 22.9. The number of nitrogens with two attached hydrogens (primary N) is 1. The summed E-state index contributed by atoms with van der Waals surface area (Å²) in [7, 11) is 1.72. The molecule has 9 heteroatoms. The fraction of sp³-hybridized carbons (Fsp3) is 0.708. The lowest BCUT2D eigenvalue weighted by Gasteiger charge is -2.40. The summed E-state index contributed by atoms with van der Waals surface area (Å²) >= 11 is 6.64. The van der Waals surface area contributed by atoms with Crippen molar-refractivity contribution in [3.63, 3.8) is 0 Å². The molecule has 0 aromatic carbocycles. The Hall–Kier alpha value is -1.90. The van der Waals surface area contributed by atoms with Crippen LogP contribution in [0, 0.1) is 12.8 Å². The van der Waals surface area contributed by atoms with Crippen molar-refractivity contribution in [2.24, 2.45) is 11.7 Å². The van der Waals surface area contributed by atoms with Gasteiger partial charge in [0.2, 0.25) is 5.91 Å². The third-order valence-corrected chi connectivity index (χ3v) is 8.17. The Labute approximate surface area is 200 Å². The lowest BCUT2D eigenvalue weighted by Crippen LogP contribution is -2.46. The third-order valence-electron chi connectivity index (χ3n) is 7.64. The molecule has 2 aliphatic heterocycles. The average Bonchev–Trinajstić information content (AvgIpc) is 3.44. The summed E-state index contributed by atoms with van der Waals surface area (Å²) in [5.41, 5.74) is 8.93. The Balaban J connectivity index is 1.41. The number of fused-ring (bicyclic) bond motifs is 1. The summed E-state index contributed by atoms with van der Waals surface area (Å²) in [5, 5.41) is 4.73. The van der Waals surface area contributed by atoms with Crippen molar-refractivity contribution in [3.05, 3.63) is 23.5 Å². The van der Waals surface area contributed by atoms with E-state index < -0.39 is 0 Å². The maximum atomic E-state index is 13.7. The number of hydrogen-bond donors (Lipinski definition) is 1. The Kier molecular flexibility index (Phi) is 6.51. The monoisotopic (exact) mass is 474 g/mol. The number of methoxy groups -OCH3 is 1. The zero-order valence-electron chi connectivity index (χ0n) is 19.6. The number of likely N-dealkylation sites (tertiary alicyclic amines) is 1. The summed E-state index contributed by atoms with van der Waals surface area (Å²) in [6, 6.07) is 2.21. The van der Waals surface area contributed by atoms with Crippen LogP contribution in [0.5, 0.6) is 0 Å². The summed E-state index contributed by atoms with van der Waals surface area (Å²) in [5.74, 6) is 0.931. The van der Waals surface area contributed by atoms with Gasteiger partial charge in [-0.05, 0) is 51.9 Å². The summed E-state index contributed by atoms with van der Waals surface area (Å²) in [6.45, 7) is 4.58. The first-order valence-electron chi connectivity index (χ1n) is 12.3. The van der Waals surface area contributed by atoms with Crippen LogP contribution in [-0.4, -0.2) is 69.7 Å². The van der Waals surface area contributed by atoms with E-state index >= 15 is 0 Å². The van der Waals surface area contributed by atoms with Gasteiger partial charge in [-0.25, -0.2) is 9.50 Å². The van der Waals surface area contributed by atoms with Crippen molar-refractivity contribution in [1.29, 1.82) is 0 Å². The van der Waals surface area contributed by atoms with Crippen LogP contribution in [-0.2, 0) is 9.53 Å². The van der Waals surface area contributed by atoms with Crippen molar-refractivity contribution in [3.8, 4) is 0 Å². The van der Waals surface area contributed by atoms with Gasteiger partial charge in [0.25, 0.3) is 0 Å². The van der Waals surface area contributed by atoms with E-state index in [0.29, 0.717) is 6.42 Å². The Bertz CT molecular complexity index is 1010. The number of piperidine rings is 1. The standard InChI is InChI=1S/C24H35ClN6O2/c1-15-13-31-22(27-23(15)29-10-8-16(26)14-29)12-20(28-31)21-5-3-4-9-30(21)24(32)18-11-17(33-2)6-7-19(18)25/h12-13,16-19,21H,3-11,14,26H2,1-2H3/t16-,17?,18?,19?,21-/m0/s1. The number of alkyl halides is 1. The Morgan fingerprint density at radius 1 is 1.21 bits per heavy atom. The van der Waals surface area contributed by atoms with Crippen LogP contribution in [0.15, 0.2) is 12.3 Å². The lowest BCUT2D eigenvalue weighted by atomic mass is 9.84. The highest BCUT2D eigenvalue weighted by atomic mass is 35.5. The first-order valence-corrected chi connectivity index (χ1v) is 12.7. The smallest absolute Gasteiger partial charge is 0.227 e. The first-order chi connectivity index (χ1) is 15.9. The van der Waals surface area contributed by atoms with Crippen LogP contribution in [0.1, 0.15) is 62.2 Å². The van der Waals surface area contributed by atoms with E-state index in [0.717, 1.165) is 80.9 Å². The van der Waals surface area contributed by atoms with Gasteiger partial charge < -0.3 is 20.3 Å². The second-order valence-electron chi connectivity index (χ2n) is 9.95. The number of hydrogen-bond acceptors (Lipinski definition) is 6. The van der Waals surface area contributed by atoms with Gasteiger partial charge in [0, 0.05) is 56.0 Å². The van der Waals surface area contributed by atoms with Crippen molar-refractivity contribution < 1.29 is 9.53 Å². The molecule has 0 bridgehead atoms. The van der Waals surface area contributed by atoms with E-state index in [4.69, 9.17) is 32.2 Å². The van der Waals surface area contributed by atoms with Gasteiger partial charge in [0.05, 0.1) is 23.8 Å². The minimum absolute atomic E-state index is 0.0382. The van der Waals surface area contributed by atoms with Gasteiger partial charge in [0.15, 0.2) is 5.65 Å². The second kappa shape index (κ2) is 9.39. The zero-order chi connectivity index (χ0) is 23.1. The number of aromatic nitrogens is 3. The number of halogens is 1. The normalized spacial score (nSPS) is 30.8. The lowest BCUT2D eigenvalue weighted by molar-refractivity contribution is -0.142. The highest BCUT2D eigenvalue weighted by molar-refractivity contribution is 6.22. The van der Waals surface area contributed by atoms with Gasteiger partial charge in [-0.1, -0.05) is 0 Å². The van der Waals surface area contributed by atoms with Gasteiger partial charge in [-0.2, -0.15) is 5.10 Å². The SMILES string of the molecule is COC1CCC(Cl)C(C(=O)N2CCCC[C@H]2c2cc3nc(N4CC[C@H](N)C4)c(C)cn3n2)C1. The van der Waals surface area contributed by atoms with Gasteiger partial charge in [0.1, 0.15) is 5.82 Å². The molecule has 0 spiro atoms. The molecule has 5 rings (SSSR count). The van der Waals surface area contributed by atoms with Crippen LogP contribution in [0.3, 0.4) is 0 Å². The van der Waals surface area contributed by atoms with E-state index in [1.165, 1.54) is 0 Å². The largest absolute Gasteiger partial charge is 0.381 e. The minimum atomic E-state index is -0.200. The number of anilines is 1. The van der Waals surface area contributed by atoms with Crippen molar-refractivity contribution in [2.75, 3.05) is 31.6 Å². The fourth-order valence-corrected chi connectivity index (χ4v) is 6.10. The molecule has 8 nitrogen and oxygen atoms in total. The van der Waals surface area contributed by atoms with Crippen LogP contribution in [0.25, 0.3) is 5.65 Å². The number of amides is 1. The molecular formula is C24H35ClN6O2. The number of carbonyl (C=O) groups excluding carboxylic acids is 1. The second-order valence-corrected chi connectivity index (χ2v) is 10.5. The van der Waals surface area contributed by atoms with Crippen molar-refractivity contribution >= 4 is 29.0 Å². The molecule has 2 aromatic rings. The van der Waals surface area contributed by atoms with E-state index in [1.54, 1.807) is 7.11 Å². The molecule has 2 saturated heterocycles. The number of rotatable bonds is 4. The summed E-state index contributed by atoms with van der Waals surface area (Å²) < 4.78 is 7.42. The minimum Gasteiger partial charge on any atom is -0.381 e. The van der Waals surface area contributed by atoms with E-state index in [1.807, 2.05) is 21.7 Å². The van der Waals surface area contributed by atoms with Crippen LogP contribution < -0.4 is 10.6 Å². The molecule has 33 heavy (non-hydrogen) atoms. The molecule has 5 atom stereocenters. The predicted molar refractivity (Wildman–Crippen MR) is 129 cm³/mol. The van der Waals surface area contributed by atoms with E-state index in [9.17, 15) is 4.79 Å². The van der Waals surface area contributed by atoms with Crippen molar-refractivity contribution in [1.82, 2.24) is 19.5 Å². The molecule has 2 aromatic heterocycles. The summed E-state index contributed by atoms with van der Waals surface area (Å²) in [6.07, 6.45) is 8.57. The van der Waals surface area contributed by atoms with Crippen LogP contribution in [0.2, 0.25) is 0 Å².